The van der Waals surface area contributed by atoms with Crippen LogP contribution in [0, 0.1) is 5.92 Å². The Kier molecular flexibility index (Phi) is 8.74. The molecule has 0 bridgehead atoms. The molecule has 0 aliphatic heterocycles. The normalized spacial score (nSPS) is 15.5. The highest BCUT2D eigenvalue weighted by molar-refractivity contribution is 5.98. The molecular weight excluding hydrogens is 374 g/mol. The highest BCUT2D eigenvalue weighted by Gasteiger charge is 2.23. The molecule has 0 aromatic heterocycles. The largest absolute Gasteiger partial charge is 0.352 e. The smallest absolute Gasteiger partial charge is 0.251 e. The lowest BCUT2D eigenvalue weighted by Crippen LogP contribution is -2.46. The van der Waals surface area contributed by atoms with Gasteiger partial charge in [0.05, 0.1) is 0 Å². The number of halogens is 1. The summed E-state index contributed by atoms with van der Waals surface area (Å²) in [6.45, 7) is 0.791. The van der Waals surface area contributed by atoms with Gasteiger partial charge < -0.3 is 16.4 Å². The van der Waals surface area contributed by atoms with Gasteiger partial charge in [-0.05, 0) is 41.7 Å². The molecule has 4 N–H and O–H groups in total. The summed E-state index contributed by atoms with van der Waals surface area (Å²) in [5.74, 6) is 0.283. The monoisotopic (exact) mass is 403 g/mol. The van der Waals surface area contributed by atoms with Crippen molar-refractivity contribution in [2.45, 2.75) is 44.6 Å². The number of hydrogen-bond acceptors (Lipinski definition) is 3. The lowest BCUT2D eigenvalue weighted by Gasteiger charge is -2.30. The van der Waals surface area contributed by atoms with Gasteiger partial charge in [-0.2, -0.15) is 0 Å². The van der Waals surface area contributed by atoms with Crippen LogP contribution in [-0.4, -0.2) is 30.9 Å². The van der Waals surface area contributed by atoms with E-state index in [1.807, 2.05) is 42.5 Å². The van der Waals surface area contributed by atoms with Crippen molar-refractivity contribution in [2.75, 3.05) is 13.1 Å². The average Bonchev–Trinajstić information content (AvgIpc) is 2.72. The maximum Gasteiger partial charge on any atom is 0.251 e. The number of benzene rings is 2. The summed E-state index contributed by atoms with van der Waals surface area (Å²) in [5, 5.41) is 8.02. The first-order chi connectivity index (χ1) is 13.2. The van der Waals surface area contributed by atoms with E-state index in [-0.39, 0.29) is 36.7 Å². The Labute approximate surface area is 172 Å². The number of nitrogens with one attached hydrogen (secondary N) is 2. The van der Waals surface area contributed by atoms with Gasteiger partial charge in [0, 0.05) is 31.1 Å². The first kappa shape index (κ1) is 22.2. The van der Waals surface area contributed by atoms with Gasteiger partial charge >= 0.3 is 0 Å². The third kappa shape index (κ3) is 5.94. The molecule has 1 aliphatic carbocycles. The molecule has 0 radical (unpaired) electrons. The standard InChI is InChI=1S/C22H29N3O2.ClH/c23-15-20(17-7-2-1-3-8-17)25-21(26)12-13-24-22(27)19-11-10-16-6-4-5-9-18(16)14-19;/h4-6,9-11,14,17,20H,1-3,7-8,12-13,15,23H2,(H,24,27)(H,25,26);1H. The topological polar surface area (TPSA) is 84.2 Å². The van der Waals surface area contributed by atoms with Crippen molar-refractivity contribution in [1.82, 2.24) is 10.6 Å². The number of hydrogen-bond donors (Lipinski definition) is 3. The molecule has 0 saturated heterocycles. The number of carbonyl (C=O) groups is 2. The second-order valence-corrected chi connectivity index (χ2v) is 7.38. The second kappa shape index (κ2) is 11.0. The first-order valence-corrected chi connectivity index (χ1v) is 9.94. The molecule has 2 amide bonds. The highest BCUT2D eigenvalue weighted by Crippen LogP contribution is 2.26. The number of amides is 2. The van der Waals surface area contributed by atoms with Crippen LogP contribution in [0.4, 0.5) is 0 Å². The van der Waals surface area contributed by atoms with Crippen molar-refractivity contribution in [3.63, 3.8) is 0 Å². The van der Waals surface area contributed by atoms with E-state index >= 15 is 0 Å². The van der Waals surface area contributed by atoms with Gasteiger partial charge in [-0.15, -0.1) is 12.4 Å². The summed E-state index contributed by atoms with van der Waals surface area (Å²) in [7, 11) is 0. The third-order valence-electron chi connectivity index (χ3n) is 5.47. The van der Waals surface area contributed by atoms with Crippen LogP contribution in [0.3, 0.4) is 0 Å². The van der Waals surface area contributed by atoms with Crippen molar-refractivity contribution in [1.29, 1.82) is 0 Å². The molecular formula is C22H30ClN3O2. The second-order valence-electron chi connectivity index (χ2n) is 7.38. The predicted octanol–water partition coefficient (Wildman–Crippen LogP) is 3.41. The Bertz CT molecular complexity index is 790. The van der Waals surface area contributed by atoms with E-state index in [1.165, 1.54) is 19.3 Å². The quantitative estimate of drug-likeness (QED) is 0.662. The Hall–Kier alpha value is -2.11. The van der Waals surface area contributed by atoms with Crippen LogP contribution in [0.1, 0.15) is 48.9 Å². The minimum Gasteiger partial charge on any atom is -0.352 e. The summed E-state index contributed by atoms with van der Waals surface area (Å²) < 4.78 is 0. The molecule has 0 heterocycles. The van der Waals surface area contributed by atoms with Gasteiger partial charge in [0.25, 0.3) is 5.91 Å². The fourth-order valence-corrected chi connectivity index (χ4v) is 3.91. The van der Waals surface area contributed by atoms with Gasteiger partial charge in [0.15, 0.2) is 0 Å². The highest BCUT2D eigenvalue weighted by atomic mass is 35.5. The van der Waals surface area contributed by atoms with E-state index in [1.54, 1.807) is 0 Å². The molecule has 1 aliphatic rings. The fourth-order valence-electron chi connectivity index (χ4n) is 3.91. The molecule has 6 heteroatoms. The molecule has 0 spiro atoms. The zero-order valence-corrected chi connectivity index (χ0v) is 17.0. The molecule has 28 heavy (non-hydrogen) atoms. The minimum atomic E-state index is -0.156. The molecule has 1 unspecified atom stereocenters. The van der Waals surface area contributed by atoms with Crippen molar-refractivity contribution in [2.24, 2.45) is 11.7 Å². The van der Waals surface area contributed by atoms with E-state index in [9.17, 15) is 9.59 Å². The lowest BCUT2D eigenvalue weighted by atomic mass is 9.84. The van der Waals surface area contributed by atoms with Crippen molar-refractivity contribution in [3.05, 3.63) is 48.0 Å². The number of rotatable bonds is 7. The lowest BCUT2D eigenvalue weighted by molar-refractivity contribution is -0.122. The molecule has 1 saturated carbocycles. The van der Waals surface area contributed by atoms with Gasteiger partial charge in [-0.1, -0.05) is 49.6 Å². The van der Waals surface area contributed by atoms with E-state index in [2.05, 4.69) is 10.6 Å². The molecule has 1 atom stereocenters. The van der Waals surface area contributed by atoms with Crippen molar-refractivity contribution < 1.29 is 9.59 Å². The molecule has 152 valence electrons. The summed E-state index contributed by atoms with van der Waals surface area (Å²) in [5.41, 5.74) is 6.47. The number of carbonyl (C=O) groups excluding carboxylic acids is 2. The first-order valence-electron chi connectivity index (χ1n) is 9.94. The van der Waals surface area contributed by atoms with Crippen LogP contribution in [-0.2, 0) is 4.79 Å². The summed E-state index contributed by atoms with van der Waals surface area (Å²) in [6, 6.07) is 13.6. The predicted molar refractivity (Wildman–Crippen MR) is 116 cm³/mol. The van der Waals surface area contributed by atoms with Crippen LogP contribution in [0.25, 0.3) is 10.8 Å². The zero-order chi connectivity index (χ0) is 19.1. The van der Waals surface area contributed by atoms with E-state index < -0.39 is 0 Å². The maximum atomic E-state index is 12.3. The molecule has 1 fully saturated rings. The molecule has 2 aromatic rings. The summed E-state index contributed by atoms with van der Waals surface area (Å²) in [4.78, 5) is 24.6. The Morgan fingerprint density at radius 2 is 1.75 bits per heavy atom. The van der Waals surface area contributed by atoms with E-state index in [4.69, 9.17) is 5.73 Å². The zero-order valence-electron chi connectivity index (χ0n) is 16.2. The SMILES string of the molecule is Cl.NCC(NC(=O)CCNC(=O)c1ccc2ccccc2c1)C1CCCCC1. The van der Waals surface area contributed by atoms with Gasteiger partial charge in [-0.25, -0.2) is 0 Å². The Morgan fingerprint density at radius 3 is 2.46 bits per heavy atom. The third-order valence-corrected chi connectivity index (χ3v) is 5.47. The van der Waals surface area contributed by atoms with Crippen molar-refractivity contribution in [3.8, 4) is 0 Å². The summed E-state index contributed by atoms with van der Waals surface area (Å²) in [6.07, 6.45) is 6.27. The van der Waals surface area contributed by atoms with Gasteiger partial charge in [0.1, 0.15) is 0 Å². The molecule has 5 nitrogen and oxygen atoms in total. The Balaban J connectivity index is 0.00000280. The van der Waals surface area contributed by atoms with Crippen LogP contribution in [0.15, 0.2) is 42.5 Å². The van der Waals surface area contributed by atoms with Gasteiger partial charge in [0.2, 0.25) is 5.91 Å². The maximum absolute atomic E-state index is 12.3. The van der Waals surface area contributed by atoms with Crippen LogP contribution in [0.2, 0.25) is 0 Å². The molecule has 2 aromatic carbocycles. The summed E-state index contributed by atoms with van der Waals surface area (Å²) >= 11 is 0. The van der Waals surface area contributed by atoms with Crippen molar-refractivity contribution >= 4 is 35.0 Å². The van der Waals surface area contributed by atoms with E-state index in [0.29, 0.717) is 24.6 Å². The van der Waals surface area contributed by atoms with Crippen LogP contribution >= 0.6 is 12.4 Å². The van der Waals surface area contributed by atoms with Crippen LogP contribution in [0.5, 0.6) is 0 Å². The Morgan fingerprint density at radius 1 is 1.04 bits per heavy atom. The number of nitrogens with two attached hydrogens (primary N) is 1. The van der Waals surface area contributed by atoms with E-state index in [0.717, 1.165) is 23.6 Å². The molecule has 3 rings (SSSR count). The average molecular weight is 404 g/mol. The van der Waals surface area contributed by atoms with Gasteiger partial charge in [-0.3, -0.25) is 9.59 Å². The minimum absolute atomic E-state index is 0. The van der Waals surface area contributed by atoms with Crippen LogP contribution < -0.4 is 16.4 Å². The number of fused-ring (bicyclic) bond motifs is 1. The fraction of sp³-hybridized carbons (Fsp3) is 0.455.